The highest BCUT2D eigenvalue weighted by molar-refractivity contribution is 7.89. The van der Waals surface area contributed by atoms with Crippen LogP contribution in [0, 0.1) is 18.8 Å². The van der Waals surface area contributed by atoms with Crippen molar-refractivity contribution >= 4 is 21.1 Å². The zero-order valence-electron chi connectivity index (χ0n) is 14.9. The van der Waals surface area contributed by atoms with Crippen molar-refractivity contribution in [1.82, 2.24) is 19.1 Å². The molecule has 7 heteroatoms. The fraction of sp³-hybridized carbons (Fsp3) is 0.647. The fourth-order valence-electron chi connectivity index (χ4n) is 3.58. The van der Waals surface area contributed by atoms with Crippen LogP contribution in [-0.2, 0) is 17.1 Å². The lowest BCUT2D eigenvalue weighted by Gasteiger charge is -2.21. The van der Waals surface area contributed by atoms with Gasteiger partial charge in [-0.3, -0.25) is 4.68 Å². The molecular formula is C17H26N4O2S. The van der Waals surface area contributed by atoms with Crippen molar-refractivity contribution < 1.29 is 8.42 Å². The highest BCUT2D eigenvalue weighted by Gasteiger charge is 2.29. The highest BCUT2D eigenvalue weighted by atomic mass is 32.2. The number of rotatable bonds is 3. The molecule has 0 spiro atoms. The molecule has 0 aliphatic carbocycles. The van der Waals surface area contributed by atoms with Crippen LogP contribution >= 0.6 is 0 Å². The Balaban J connectivity index is 1.91. The van der Waals surface area contributed by atoms with Gasteiger partial charge in [0.25, 0.3) is 0 Å². The van der Waals surface area contributed by atoms with Gasteiger partial charge < -0.3 is 0 Å². The Kier molecular flexibility index (Phi) is 4.66. The van der Waals surface area contributed by atoms with Crippen LogP contribution in [0.3, 0.4) is 0 Å². The summed E-state index contributed by atoms with van der Waals surface area (Å²) in [5.74, 6) is 1.20. The zero-order chi connectivity index (χ0) is 17.5. The van der Waals surface area contributed by atoms with Crippen molar-refractivity contribution in [3.05, 3.63) is 18.0 Å². The monoisotopic (exact) mass is 350 g/mol. The molecular weight excluding hydrogens is 324 g/mol. The number of fused-ring (bicyclic) bond motifs is 1. The van der Waals surface area contributed by atoms with Crippen LogP contribution in [0.4, 0.5) is 0 Å². The first-order valence-corrected chi connectivity index (χ1v) is 10.0. The molecule has 0 amide bonds. The molecule has 3 rings (SSSR count). The van der Waals surface area contributed by atoms with Crippen molar-refractivity contribution in [2.75, 3.05) is 13.1 Å². The Labute approximate surface area is 143 Å². The molecule has 2 aromatic heterocycles. The maximum Gasteiger partial charge on any atom is 0.244 e. The van der Waals surface area contributed by atoms with Gasteiger partial charge in [0.1, 0.15) is 4.90 Å². The van der Waals surface area contributed by atoms with Crippen molar-refractivity contribution in [2.45, 2.75) is 44.9 Å². The predicted octanol–water partition coefficient (Wildman–Crippen LogP) is 2.72. The molecule has 2 aromatic rings. The third-order valence-electron chi connectivity index (χ3n) is 5.15. The van der Waals surface area contributed by atoms with Crippen molar-refractivity contribution in [2.24, 2.45) is 18.9 Å². The van der Waals surface area contributed by atoms with E-state index in [0.29, 0.717) is 30.6 Å². The third kappa shape index (κ3) is 3.07. The minimum atomic E-state index is -3.50. The van der Waals surface area contributed by atoms with Crippen molar-refractivity contribution in [1.29, 1.82) is 0 Å². The molecule has 1 aliphatic heterocycles. The number of aromatic nitrogens is 3. The molecule has 24 heavy (non-hydrogen) atoms. The minimum absolute atomic E-state index is 0.272. The first kappa shape index (κ1) is 17.4. The minimum Gasteiger partial charge on any atom is -0.250 e. The SMILES string of the molecule is Cc1nn(C)c2ncc(S(=O)(=O)N3CCCC(C(C)C)CC3)cc12. The van der Waals surface area contributed by atoms with Gasteiger partial charge in [0.15, 0.2) is 5.65 Å². The molecule has 0 radical (unpaired) electrons. The van der Waals surface area contributed by atoms with E-state index in [1.54, 1.807) is 15.1 Å². The van der Waals surface area contributed by atoms with E-state index in [2.05, 4.69) is 23.9 Å². The van der Waals surface area contributed by atoms with E-state index in [1.807, 2.05) is 14.0 Å². The summed E-state index contributed by atoms with van der Waals surface area (Å²) in [4.78, 5) is 4.60. The molecule has 6 nitrogen and oxygen atoms in total. The molecule has 1 aliphatic rings. The molecule has 0 aromatic carbocycles. The van der Waals surface area contributed by atoms with Crippen LogP contribution < -0.4 is 0 Å². The average Bonchev–Trinajstić information content (AvgIpc) is 2.72. The van der Waals surface area contributed by atoms with Crippen LogP contribution in [0.2, 0.25) is 0 Å². The van der Waals surface area contributed by atoms with Crippen LogP contribution in [0.15, 0.2) is 17.2 Å². The van der Waals surface area contributed by atoms with E-state index in [1.165, 1.54) is 6.20 Å². The van der Waals surface area contributed by atoms with Crippen molar-refractivity contribution in [3.8, 4) is 0 Å². The van der Waals surface area contributed by atoms with Crippen LogP contribution in [-0.4, -0.2) is 40.6 Å². The van der Waals surface area contributed by atoms with Crippen LogP contribution in [0.5, 0.6) is 0 Å². The maximum absolute atomic E-state index is 13.0. The number of hydrogen-bond donors (Lipinski definition) is 0. The van der Waals surface area contributed by atoms with Crippen LogP contribution in [0.25, 0.3) is 11.0 Å². The van der Waals surface area contributed by atoms with Gasteiger partial charge in [-0.15, -0.1) is 0 Å². The normalized spacial score (nSPS) is 20.6. The van der Waals surface area contributed by atoms with Gasteiger partial charge in [-0.25, -0.2) is 13.4 Å². The molecule has 0 saturated carbocycles. The summed E-state index contributed by atoms with van der Waals surface area (Å²) in [6, 6.07) is 1.71. The Bertz CT molecular complexity index is 842. The topological polar surface area (TPSA) is 68.1 Å². The predicted molar refractivity (Wildman–Crippen MR) is 94.2 cm³/mol. The molecule has 0 N–H and O–H groups in total. The number of pyridine rings is 1. The van der Waals surface area contributed by atoms with E-state index in [9.17, 15) is 8.42 Å². The summed E-state index contributed by atoms with van der Waals surface area (Å²) in [6.07, 6.45) is 4.41. The van der Waals surface area contributed by atoms with Crippen molar-refractivity contribution in [3.63, 3.8) is 0 Å². The second kappa shape index (κ2) is 6.44. The summed E-state index contributed by atoms with van der Waals surface area (Å²) in [7, 11) is -1.68. The second-order valence-corrected chi connectivity index (χ2v) is 9.03. The van der Waals surface area contributed by atoms with E-state index in [4.69, 9.17) is 0 Å². The smallest absolute Gasteiger partial charge is 0.244 e. The van der Waals surface area contributed by atoms with Gasteiger partial charge in [-0.1, -0.05) is 13.8 Å². The summed E-state index contributed by atoms with van der Waals surface area (Å²) >= 11 is 0. The average molecular weight is 350 g/mol. The number of sulfonamides is 1. The molecule has 1 unspecified atom stereocenters. The van der Waals surface area contributed by atoms with E-state index < -0.39 is 10.0 Å². The van der Waals surface area contributed by atoms with Gasteiger partial charge in [0, 0.05) is 31.7 Å². The first-order chi connectivity index (χ1) is 11.3. The molecule has 1 fully saturated rings. The summed E-state index contributed by atoms with van der Waals surface area (Å²) in [5, 5.41) is 5.12. The molecule has 3 heterocycles. The quantitative estimate of drug-likeness (QED) is 0.853. The Morgan fingerprint density at radius 1 is 1.25 bits per heavy atom. The Hall–Kier alpha value is -1.47. The largest absolute Gasteiger partial charge is 0.250 e. The standard InChI is InChI=1S/C17H26N4O2S/c1-12(2)14-6-5-8-21(9-7-14)24(22,23)15-10-16-13(3)19-20(4)17(16)18-11-15/h10-12,14H,5-9H2,1-4H3. The van der Waals surface area contributed by atoms with Crippen LogP contribution in [0.1, 0.15) is 38.8 Å². The summed E-state index contributed by atoms with van der Waals surface area (Å²) in [6.45, 7) is 7.50. The molecule has 132 valence electrons. The lowest BCUT2D eigenvalue weighted by atomic mass is 9.89. The Morgan fingerprint density at radius 2 is 2.00 bits per heavy atom. The molecule has 1 saturated heterocycles. The third-order valence-corrected chi connectivity index (χ3v) is 7.01. The van der Waals surface area contributed by atoms with E-state index in [0.717, 1.165) is 30.3 Å². The van der Waals surface area contributed by atoms with Gasteiger partial charge in [-0.2, -0.15) is 9.40 Å². The van der Waals surface area contributed by atoms with E-state index >= 15 is 0 Å². The Morgan fingerprint density at radius 3 is 2.71 bits per heavy atom. The number of nitrogens with zero attached hydrogens (tertiary/aromatic N) is 4. The zero-order valence-corrected chi connectivity index (χ0v) is 15.7. The summed E-state index contributed by atoms with van der Waals surface area (Å²) in [5.41, 5.74) is 1.51. The number of hydrogen-bond acceptors (Lipinski definition) is 4. The van der Waals surface area contributed by atoms with Gasteiger partial charge in [-0.05, 0) is 44.1 Å². The summed E-state index contributed by atoms with van der Waals surface area (Å²) < 4.78 is 29.4. The van der Waals surface area contributed by atoms with Gasteiger partial charge in [0.05, 0.1) is 5.69 Å². The lowest BCUT2D eigenvalue weighted by Crippen LogP contribution is -2.32. The highest BCUT2D eigenvalue weighted by Crippen LogP contribution is 2.28. The van der Waals surface area contributed by atoms with E-state index in [-0.39, 0.29) is 4.90 Å². The molecule has 0 bridgehead atoms. The second-order valence-electron chi connectivity index (χ2n) is 7.09. The number of aryl methyl sites for hydroxylation is 2. The van der Waals surface area contributed by atoms with Gasteiger partial charge >= 0.3 is 0 Å². The first-order valence-electron chi connectivity index (χ1n) is 8.60. The lowest BCUT2D eigenvalue weighted by molar-refractivity contribution is 0.341. The molecule has 1 atom stereocenters. The van der Waals surface area contributed by atoms with Gasteiger partial charge in [0.2, 0.25) is 10.0 Å². The fourth-order valence-corrected chi connectivity index (χ4v) is 5.05. The maximum atomic E-state index is 13.0.